The number of halogens is 2. The van der Waals surface area contributed by atoms with Crippen LogP contribution in [-0.4, -0.2) is 36.3 Å². The molecule has 0 saturated heterocycles. The van der Waals surface area contributed by atoms with E-state index in [1.807, 2.05) is 0 Å². The van der Waals surface area contributed by atoms with Crippen molar-refractivity contribution < 1.29 is 32.6 Å². The van der Waals surface area contributed by atoms with Gasteiger partial charge in [-0.25, -0.2) is 8.78 Å². The minimum absolute atomic E-state index is 0.102. The second-order valence-corrected chi connectivity index (χ2v) is 12.5. The molecule has 2 N–H and O–H groups in total. The third-order valence-corrected chi connectivity index (χ3v) is 8.93. The summed E-state index contributed by atoms with van der Waals surface area (Å²) in [5.41, 5.74) is 5.16. The number of hydrogen-bond donors (Lipinski definition) is 2. The number of carbonyl (C=O) groups is 2. The van der Waals surface area contributed by atoms with E-state index >= 15 is 4.39 Å². The number of nitrogens with zero attached hydrogens (tertiary/aromatic N) is 2. The number of pyridine rings is 1. The van der Waals surface area contributed by atoms with Gasteiger partial charge in [-0.1, -0.05) is 38.5 Å². The average molecular weight is 678 g/mol. The Balaban J connectivity index is 1.30. The Morgan fingerprint density at radius 2 is 1.50 bits per heavy atom. The normalized spacial score (nSPS) is 13.2. The predicted molar refractivity (Wildman–Crippen MR) is 185 cm³/mol. The first kappa shape index (κ1) is 34.9. The molecule has 254 valence electrons. The maximum absolute atomic E-state index is 15.7. The number of carbonyl (C=O) groups excluding carboxylic acids is 2. The second kappa shape index (κ2) is 16.1. The fourth-order valence-corrected chi connectivity index (χ4v) is 5.88. The van der Waals surface area contributed by atoms with Crippen LogP contribution in [-0.2, 0) is 9.59 Å². The smallest absolute Gasteiger partial charge is 0.247 e. The SMILES string of the molecule is COc1cc2c(Oc3ccc(N(C(=O)C4(C(N)=O)CC4)c4ccc(F)cc4)cc3F)ccnc2cc1OCCCCCCCCCCS. The Morgan fingerprint density at radius 1 is 0.833 bits per heavy atom. The summed E-state index contributed by atoms with van der Waals surface area (Å²) in [5, 5.41) is 0.586. The molecule has 8 nitrogen and oxygen atoms in total. The molecule has 1 fully saturated rings. The minimum Gasteiger partial charge on any atom is -0.493 e. The lowest BCUT2D eigenvalue weighted by molar-refractivity contribution is -0.133. The van der Waals surface area contributed by atoms with Crippen molar-refractivity contribution in [2.75, 3.05) is 24.4 Å². The highest BCUT2D eigenvalue weighted by Crippen LogP contribution is 2.49. The zero-order valence-corrected chi connectivity index (χ0v) is 27.9. The molecule has 1 heterocycles. The highest BCUT2D eigenvalue weighted by Gasteiger charge is 2.57. The zero-order chi connectivity index (χ0) is 34.1. The number of nitrogens with two attached hydrogens (primary N) is 1. The Labute approximate surface area is 285 Å². The van der Waals surface area contributed by atoms with Gasteiger partial charge >= 0.3 is 0 Å². The first-order valence-corrected chi connectivity index (χ1v) is 17.0. The summed E-state index contributed by atoms with van der Waals surface area (Å²) in [6, 6.07) is 14.3. The lowest BCUT2D eigenvalue weighted by Gasteiger charge is -2.26. The number of unbranched alkanes of at least 4 members (excludes halogenated alkanes) is 7. The van der Waals surface area contributed by atoms with Crippen molar-refractivity contribution in [1.82, 2.24) is 4.98 Å². The van der Waals surface area contributed by atoms with E-state index in [4.69, 9.17) is 19.9 Å². The van der Waals surface area contributed by atoms with Gasteiger partial charge in [-0.05, 0) is 80.0 Å². The standard InChI is InChI=1S/C37H41F2N3O5S/c1-45-33-23-28-30(24-34(33)46-20-8-6-4-2-3-5-7-9-21-48)41-19-16-31(28)47-32-15-14-27(22-29(32)39)42(26-12-10-25(38)11-13-26)36(44)37(17-18-37)35(40)43/h10-16,19,22-24,48H,2-9,17-18,20-21H2,1H3,(H2,40,43). The number of methoxy groups -OCH3 is 1. The van der Waals surface area contributed by atoms with Crippen LogP contribution < -0.4 is 24.8 Å². The first-order chi connectivity index (χ1) is 23.3. The molecule has 0 aliphatic heterocycles. The Kier molecular flexibility index (Phi) is 11.8. The van der Waals surface area contributed by atoms with Crippen LogP contribution in [0.1, 0.15) is 64.2 Å². The van der Waals surface area contributed by atoms with E-state index < -0.39 is 28.9 Å². The van der Waals surface area contributed by atoms with E-state index in [0.29, 0.717) is 34.8 Å². The minimum atomic E-state index is -1.39. The van der Waals surface area contributed by atoms with Crippen molar-refractivity contribution in [3.05, 3.63) is 78.5 Å². The fourth-order valence-electron chi connectivity index (χ4n) is 5.65. The van der Waals surface area contributed by atoms with Crippen LogP contribution in [0.5, 0.6) is 23.0 Å². The molecule has 0 radical (unpaired) electrons. The maximum atomic E-state index is 15.7. The highest BCUT2D eigenvalue weighted by atomic mass is 32.1. The van der Waals surface area contributed by atoms with Crippen molar-refractivity contribution in [2.45, 2.75) is 64.2 Å². The van der Waals surface area contributed by atoms with Gasteiger partial charge in [-0.2, -0.15) is 12.6 Å². The summed E-state index contributed by atoms with van der Waals surface area (Å²) >= 11 is 4.26. The number of primary amides is 1. The maximum Gasteiger partial charge on any atom is 0.247 e. The van der Waals surface area contributed by atoms with E-state index in [1.165, 1.54) is 79.8 Å². The molecule has 0 unspecified atom stereocenters. The molecule has 2 amide bonds. The predicted octanol–water partition coefficient (Wildman–Crippen LogP) is 8.67. The number of aromatic nitrogens is 1. The van der Waals surface area contributed by atoms with Gasteiger partial charge in [0.25, 0.3) is 0 Å². The molecule has 1 saturated carbocycles. The van der Waals surface area contributed by atoms with Gasteiger partial charge in [-0.15, -0.1) is 0 Å². The third kappa shape index (κ3) is 8.18. The molecule has 1 aromatic heterocycles. The molecule has 1 aliphatic rings. The van der Waals surface area contributed by atoms with Gasteiger partial charge in [0, 0.05) is 29.4 Å². The summed E-state index contributed by atoms with van der Waals surface area (Å²) in [7, 11) is 1.55. The van der Waals surface area contributed by atoms with Crippen molar-refractivity contribution in [3.8, 4) is 23.0 Å². The van der Waals surface area contributed by atoms with Gasteiger partial charge in [-0.3, -0.25) is 19.5 Å². The van der Waals surface area contributed by atoms with Crippen LogP contribution in [0.25, 0.3) is 10.9 Å². The van der Waals surface area contributed by atoms with Crippen LogP contribution in [0.15, 0.2) is 66.9 Å². The van der Waals surface area contributed by atoms with E-state index in [2.05, 4.69) is 17.6 Å². The molecule has 5 rings (SSSR count). The molecular weight excluding hydrogens is 636 g/mol. The van der Waals surface area contributed by atoms with Gasteiger partial charge < -0.3 is 19.9 Å². The van der Waals surface area contributed by atoms with Crippen molar-refractivity contribution in [2.24, 2.45) is 11.1 Å². The molecule has 11 heteroatoms. The largest absolute Gasteiger partial charge is 0.493 e. The molecule has 48 heavy (non-hydrogen) atoms. The van der Waals surface area contributed by atoms with E-state index in [-0.39, 0.29) is 30.0 Å². The van der Waals surface area contributed by atoms with Crippen LogP contribution in [0.4, 0.5) is 20.2 Å². The van der Waals surface area contributed by atoms with Crippen LogP contribution in [0.3, 0.4) is 0 Å². The van der Waals surface area contributed by atoms with Crippen molar-refractivity contribution in [1.29, 1.82) is 0 Å². The van der Waals surface area contributed by atoms with Crippen LogP contribution in [0.2, 0.25) is 0 Å². The summed E-state index contributed by atoms with van der Waals surface area (Å²) < 4.78 is 47.0. The number of thiol groups is 1. The molecule has 3 aromatic carbocycles. The topological polar surface area (TPSA) is 104 Å². The number of rotatable bonds is 18. The van der Waals surface area contributed by atoms with Crippen molar-refractivity contribution >= 4 is 46.7 Å². The van der Waals surface area contributed by atoms with Gasteiger partial charge in [0.1, 0.15) is 17.0 Å². The second-order valence-electron chi connectivity index (χ2n) is 12.0. The molecule has 0 atom stereocenters. The summed E-state index contributed by atoms with van der Waals surface area (Å²) in [5.74, 6) is -0.370. The van der Waals surface area contributed by atoms with Crippen molar-refractivity contribution in [3.63, 3.8) is 0 Å². The average Bonchev–Trinajstić information content (AvgIpc) is 3.90. The summed E-state index contributed by atoms with van der Waals surface area (Å²) in [6.45, 7) is 0.549. The van der Waals surface area contributed by atoms with E-state index in [0.717, 1.165) is 24.7 Å². The number of benzene rings is 3. The third-order valence-electron chi connectivity index (χ3n) is 8.61. The number of amides is 2. The Hall–Kier alpha value is -4.38. The quantitative estimate of drug-likeness (QED) is 0.0621. The Bertz CT molecular complexity index is 1730. The van der Waals surface area contributed by atoms with Gasteiger partial charge in [0.15, 0.2) is 23.1 Å². The molecule has 0 bridgehead atoms. The van der Waals surface area contributed by atoms with E-state index in [9.17, 15) is 14.0 Å². The first-order valence-electron chi connectivity index (χ1n) is 16.4. The zero-order valence-electron chi connectivity index (χ0n) is 27.1. The molecule has 0 spiro atoms. The summed E-state index contributed by atoms with van der Waals surface area (Å²) in [6.07, 6.45) is 11.5. The van der Waals surface area contributed by atoms with Crippen LogP contribution >= 0.6 is 12.6 Å². The molecule has 1 aliphatic carbocycles. The molecule has 4 aromatic rings. The lowest BCUT2D eigenvalue weighted by atomic mass is 10.0. The van der Waals surface area contributed by atoms with Gasteiger partial charge in [0.2, 0.25) is 11.8 Å². The van der Waals surface area contributed by atoms with Gasteiger partial charge in [0.05, 0.1) is 24.9 Å². The fraction of sp³-hybridized carbons (Fsp3) is 0.378. The van der Waals surface area contributed by atoms with E-state index in [1.54, 1.807) is 31.5 Å². The number of fused-ring (bicyclic) bond motifs is 1. The highest BCUT2D eigenvalue weighted by molar-refractivity contribution is 7.80. The number of hydrogen-bond acceptors (Lipinski definition) is 7. The molecular formula is C37H41F2N3O5S. The number of anilines is 2. The lowest BCUT2D eigenvalue weighted by Crippen LogP contribution is -2.41. The van der Waals surface area contributed by atoms with Crippen LogP contribution in [0, 0.1) is 17.0 Å². The monoisotopic (exact) mass is 677 g/mol. The number of ether oxygens (including phenoxy) is 3. The Morgan fingerprint density at radius 3 is 2.12 bits per heavy atom. The summed E-state index contributed by atoms with van der Waals surface area (Å²) in [4.78, 5) is 31.4.